The smallest absolute Gasteiger partial charge is 0.227 e. The van der Waals surface area contributed by atoms with Crippen LogP contribution in [0.25, 0.3) is 0 Å². The average Bonchev–Trinajstić information content (AvgIpc) is 2.64. The van der Waals surface area contributed by atoms with E-state index in [2.05, 4.69) is 5.32 Å². The van der Waals surface area contributed by atoms with Crippen LogP contribution in [-0.4, -0.2) is 43.0 Å². The van der Waals surface area contributed by atoms with Crippen LogP contribution in [0.15, 0.2) is 24.3 Å². The van der Waals surface area contributed by atoms with Gasteiger partial charge in [0.15, 0.2) is 0 Å². The number of hydrogen-bond acceptors (Lipinski definition) is 3. The molecule has 1 aromatic rings. The highest BCUT2D eigenvalue weighted by Gasteiger charge is 2.31. The van der Waals surface area contributed by atoms with Gasteiger partial charge in [-0.2, -0.15) is 0 Å². The average molecular weight is 351 g/mol. The van der Waals surface area contributed by atoms with Crippen LogP contribution in [0.2, 0.25) is 5.02 Å². The van der Waals surface area contributed by atoms with E-state index in [4.69, 9.17) is 16.3 Å². The molecule has 0 spiro atoms. The van der Waals surface area contributed by atoms with Crippen molar-refractivity contribution in [2.75, 3.05) is 31.6 Å². The van der Waals surface area contributed by atoms with E-state index in [0.717, 1.165) is 12.8 Å². The molecule has 0 saturated carbocycles. The minimum Gasteiger partial charge on any atom is -0.381 e. The van der Waals surface area contributed by atoms with Gasteiger partial charge in [0.05, 0.1) is 10.7 Å². The number of amides is 2. The summed E-state index contributed by atoms with van der Waals surface area (Å²) in [7, 11) is 0. The zero-order chi connectivity index (χ0) is 16.9. The number of para-hydroxylation sites is 1. The van der Waals surface area contributed by atoms with Crippen LogP contribution < -0.4 is 5.32 Å². The largest absolute Gasteiger partial charge is 0.381 e. The Kier molecular flexibility index (Phi) is 5.74. The minimum absolute atomic E-state index is 0.0127. The number of nitrogens with zero attached hydrogens (tertiary/aromatic N) is 1. The second-order valence-electron chi connectivity index (χ2n) is 6.46. The van der Waals surface area contributed by atoms with Gasteiger partial charge in [-0.25, -0.2) is 0 Å². The summed E-state index contributed by atoms with van der Waals surface area (Å²) in [5, 5.41) is 3.44. The lowest BCUT2D eigenvalue weighted by Crippen LogP contribution is -2.45. The zero-order valence-corrected chi connectivity index (χ0v) is 14.4. The number of halogens is 1. The zero-order valence-electron chi connectivity index (χ0n) is 13.7. The van der Waals surface area contributed by atoms with Gasteiger partial charge in [-0.05, 0) is 37.8 Å². The summed E-state index contributed by atoms with van der Waals surface area (Å²) in [4.78, 5) is 26.8. The lowest BCUT2D eigenvalue weighted by molar-refractivity contribution is -0.141. The molecule has 2 heterocycles. The molecule has 3 rings (SSSR count). The Balaban J connectivity index is 1.50. The first kappa shape index (κ1) is 17.2. The quantitative estimate of drug-likeness (QED) is 0.911. The molecule has 0 bridgehead atoms. The summed E-state index contributed by atoms with van der Waals surface area (Å²) < 4.78 is 5.32. The van der Waals surface area contributed by atoms with Crippen LogP contribution in [0, 0.1) is 11.8 Å². The van der Waals surface area contributed by atoms with Gasteiger partial charge in [0.2, 0.25) is 11.8 Å². The molecule has 2 aliphatic rings. The lowest BCUT2D eigenvalue weighted by atomic mass is 9.93. The molecule has 5 nitrogen and oxygen atoms in total. The first-order valence-corrected chi connectivity index (χ1v) is 8.95. The number of likely N-dealkylation sites (tertiary alicyclic amines) is 1. The number of anilines is 1. The number of hydrogen-bond donors (Lipinski definition) is 1. The van der Waals surface area contributed by atoms with Crippen molar-refractivity contribution in [3.05, 3.63) is 29.3 Å². The molecule has 2 amide bonds. The van der Waals surface area contributed by atoms with Crippen molar-refractivity contribution in [1.29, 1.82) is 0 Å². The molecular weight excluding hydrogens is 328 g/mol. The molecule has 2 saturated heterocycles. The molecule has 24 heavy (non-hydrogen) atoms. The van der Waals surface area contributed by atoms with Crippen molar-refractivity contribution in [1.82, 2.24) is 4.90 Å². The van der Waals surface area contributed by atoms with E-state index in [9.17, 15) is 9.59 Å². The standard InChI is InChI=1S/C18H23ClN2O3/c19-15-3-1-2-4-16(15)20-17(22)13-5-9-21(10-6-13)18(23)14-7-11-24-12-8-14/h1-4,13-14H,5-12H2,(H,20,22). The fourth-order valence-electron chi connectivity index (χ4n) is 3.36. The molecular formula is C18H23ClN2O3. The molecule has 1 aromatic carbocycles. The van der Waals surface area contributed by atoms with Crippen molar-refractivity contribution >= 4 is 29.1 Å². The SMILES string of the molecule is O=C(Nc1ccccc1Cl)C1CCN(C(=O)C2CCOCC2)CC1. The fourth-order valence-corrected chi connectivity index (χ4v) is 3.55. The van der Waals surface area contributed by atoms with E-state index in [1.165, 1.54) is 0 Å². The molecule has 130 valence electrons. The highest BCUT2D eigenvalue weighted by Crippen LogP contribution is 2.26. The molecule has 0 aliphatic carbocycles. The van der Waals surface area contributed by atoms with Crippen LogP contribution in [0.1, 0.15) is 25.7 Å². The number of benzene rings is 1. The summed E-state index contributed by atoms with van der Waals surface area (Å²) in [6, 6.07) is 7.23. The number of piperidine rings is 1. The van der Waals surface area contributed by atoms with Gasteiger partial charge < -0.3 is 15.0 Å². The van der Waals surface area contributed by atoms with Gasteiger partial charge in [0.1, 0.15) is 0 Å². The first-order valence-electron chi connectivity index (χ1n) is 8.57. The van der Waals surface area contributed by atoms with Crippen LogP contribution in [-0.2, 0) is 14.3 Å². The van der Waals surface area contributed by atoms with Crippen molar-refractivity contribution in [2.45, 2.75) is 25.7 Å². The summed E-state index contributed by atoms with van der Waals surface area (Å²) in [6.45, 7) is 2.65. The van der Waals surface area contributed by atoms with Crippen LogP contribution in [0.5, 0.6) is 0 Å². The van der Waals surface area contributed by atoms with Gasteiger partial charge in [0.25, 0.3) is 0 Å². The van der Waals surface area contributed by atoms with Crippen molar-refractivity contribution in [3.63, 3.8) is 0 Å². The van der Waals surface area contributed by atoms with Gasteiger partial charge in [-0.1, -0.05) is 23.7 Å². The molecule has 2 aliphatic heterocycles. The fraction of sp³-hybridized carbons (Fsp3) is 0.556. The summed E-state index contributed by atoms with van der Waals surface area (Å²) >= 11 is 6.08. The van der Waals surface area contributed by atoms with Crippen LogP contribution in [0.3, 0.4) is 0 Å². The van der Waals surface area contributed by atoms with Gasteiger partial charge in [0, 0.05) is 38.1 Å². The number of ether oxygens (including phenoxy) is 1. The van der Waals surface area contributed by atoms with Crippen LogP contribution >= 0.6 is 11.6 Å². The Hall–Kier alpha value is -1.59. The molecule has 0 atom stereocenters. The van der Waals surface area contributed by atoms with E-state index < -0.39 is 0 Å². The Morgan fingerprint density at radius 3 is 2.38 bits per heavy atom. The highest BCUT2D eigenvalue weighted by molar-refractivity contribution is 6.33. The summed E-state index contributed by atoms with van der Waals surface area (Å²) in [5.41, 5.74) is 0.643. The molecule has 0 unspecified atom stereocenters. The highest BCUT2D eigenvalue weighted by atomic mass is 35.5. The third kappa shape index (κ3) is 4.08. The second-order valence-corrected chi connectivity index (χ2v) is 6.86. The number of nitrogens with one attached hydrogen (secondary N) is 1. The lowest BCUT2D eigenvalue weighted by Gasteiger charge is -2.34. The molecule has 0 aromatic heterocycles. The molecule has 1 N–H and O–H groups in total. The third-order valence-electron chi connectivity index (χ3n) is 4.88. The third-order valence-corrected chi connectivity index (χ3v) is 5.21. The topological polar surface area (TPSA) is 58.6 Å². The maximum absolute atomic E-state index is 12.5. The predicted octanol–water partition coefficient (Wildman–Crippen LogP) is 2.94. The summed E-state index contributed by atoms with van der Waals surface area (Å²) in [5.74, 6) is 0.233. The summed E-state index contributed by atoms with van der Waals surface area (Å²) in [6.07, 6.45) is 3.02. The van der Waals surface area contributed by atoms with Gasteiger partial charge in [-0.15, -0.1) is 0 Å². The Morgan fingerprint density at radius 2 is 1.71 bits per heavy atom. The number of rotatable bonds is 3. The number of carbonyl (C=O) groups is 2. The van der Waals surface area contributed by atoms with Gasteiger partial charge in [-0.3, -0.25) is 9.59 Å². The Morgan fingerprint density at radius 1 is 1.04 bits per heavy atom. The van der Waals surface area contributed by atoms with Crippen molar-refractivity contribution in [3.8, 4) is 0 Å². The maximum atomic E-state index is 12.5. The van der Waals surface area contributed by atoms with E-state index in [0.29, 0.717) is 49.9 Å². The van der Waals surface area contributed by atoms with Crippen LogP contribution in [0.4, 0.5) is 5.69 Å². The Bertz CT molecular complexity index is 594. The first-order chi connectivity index (χ1) is 11.6. The molecule has 2 fully saturated rings. The predicted molar refractivity (Wildman–Crippen MR) is 92.9 cm³/mol. The normalized spacial score (nSPS) is 20.0. The molecule has 0 radical (unpaired) electrons. The maximum Gasteiger partial charge on any atom is 0.227 e. The Labute approximate surface area is 147 Å². The van der Waals surface area contributed by atoms with Crippen molar-refractivity contribution < 1.29 is 14.3 Å². The van der Waals surface area contributed by atoms with E-state index >= 15 is 0 Å². The monoisotopic (exact) mass is 350 g/mol. The van der Waals surface area contributed by atoms with Crippen molar-refractivity contribution in [2.24, 2.45) is 11.8 Å². The van der Waals surface area contributed by atoms with E-state index in [-0.39, 0.29) is 23.7 Å². The second kappa shape index (κ2) is 7.99. The van der Waals surface area contributed by atoms with Gasteiger partial charge >= 0.3 is 0 Å². The molecule has 6 heteroatoms. The minimum atomic E-state index is -0.0694. The number of carbonyl (C=O) groups excluding carboxylic acids is 2. The van der Waals surface area contributed by atoms with E-state index in [1.54, 1.807) is 12.1 Å². The van der Waals surface area contributed by atoms with E-state index in [1.807, 2.05) is 17.0 Å².